The van der Waals surface area contributed by atoms with Gasteiger partial charge in [-0.3, -0.25) is 9.52 Å². The molecule has 0 aliphatic rings. The number of benzene rings is 2. The first-order chi connectivity index (χ1) is 10.8. The molecule has 2 rings (SSSR count). The maximum Gasteiger partial charge on any atom is 0.253 e. The monoisotopic (exact) mass is 356 g/mol. The van der Waals surface area contributed by atoms with Crippen LogP contribution < -0.4 is 10.0 Å². The van der Waals surface area contributed by atoms with Crippen molar-refractivity contribution in [3.8, 4) is 0 Å². The van der Waals surface area contributed by atoms with Gasteiger partial charge in [0.15, 0.2) is 0 Å². The Kier molecular flexibility index (Phi) is 5.23. The lowest BCUT2D eigenvalue weighted by molar-refractivity contribution is 0.0951. The summed E-state index contributed by atoms with van der Waals surface area (Å²) in [7, 11) is -3.43. The summed E-state index contributed by atoms with van der Waals surface area (Å²) >= 11 is 6.00. The molecule has 2 aromatic rings. The number of halogens is 2. The van der Waals surface area contributed by atoms with Crippen LogP contribution in [0.1, 0.15) is 15.9 Å². The third-order valence-corrected chi connectivity index (χ3v) is 3.83. The molecular formula is C15H14ClFN2O3S. The standard InChI is InChI=1S/C15H14ClFN2O3S/c1-23(21,22)19-11-6-7-12(13(16)8-11)15(20)18-9-10-4-2-3-5-14(10)17/h2-8,19H,9H2,1H3,(H,18,20). The minimum absolute atomic E-state index is 0.0190. The van der Waals surface area contributed by atoms with Crippen molar-refractivity contribution in [2.24, 2.45) is 0 Å². The smallest absolute Gasteiger partial charge is 0.253 e. The van der Waals surface area contributed by atoms with E-state index in [1.165, 1.54) is 24.3 Å². The summed E-state index contributed by atoms with van der Waals surface area (Å²) in [5.74, 6) is -0.893. The highest BCUT2D eigenvalue weighted by Crippen LogP contribution is 2.21. The van der Waals surface area contributed by atoms with Crippen molar-refractivity contribution in [1.82, 2.24) is 5.32 Å². The number of carbonyl (C=O) groups excluding carboxylic acids is 1. The van der Waals surface area contributed by atoms with Crippen LogP contribution in [0.5, 0.6) is 0 Å². The molecule has 0 unspecified atom stereocenters. The van der Waals surface area contributed by atoms with Gasteiger partial charge in [-0.25, -0.2) is 12.8 Å². The number of amides is 1. The fourth-order valence-electron chi connectivity index (χ4n) is 1.89. The van der Waals surface area contributed by atoms with Crippen LogP contribution in [0.15, 0.2) is 42.5 Å². The maximum atomic E-state index is 13.5. The molecular weight excluding hydrogens is 343 g/mol. The van der Waals surface area contributed by atoms with E-state index in [-0.39, 0.29) is 22.8 Å². The first kappa shape index (κ1) is 17.2. The van der Waals surface area contributed by atoms with Crippen molar-refractivity contribution >= 4 is 33.2 Å². The lowest BCUT2D eigenvalue weighted by Crippen LogP contribution is -2.23. The van der Waals surface area contributed by atoms with E-state index in [0.717, 1.165) is 6.26 Å². The van der Waals surface area contributed by atoms with Crippen molar-refractivity contribution in [1.29, 1.82) is 0 Å². The number of rotatable bonds is 5. The number of anilines is 1. The van der Waals surface area contributed by atoms with Crippen LogP contribution in [-0.4, -0.2) is 20.6 Å². The Morgan fingerprint density at radius 3 is 2.52 bits per heavy atom. The molecule has 122 valence electrons. The van der Waals surface area contributed by atoms with Gasteiger partial charge in [0, 0.05) is 17.8 Å². The highest BCUT2D eigenvalue weighted by Gasteiger charge is 2.12. The third-order valence-electron chi connectivity index (χ3n) is 2.91. The molecule has 0 bridgehead atoms. The molecule has 0 atom stereocenters. The van der Waals surface area contributed by atoms with E-state index in [2.05, 4.69) is 10.0 Å². The zero-order valence-electron chi connectivity index (χ0n) is 12.1. The van der Waals surface area contributed by atoms with Gasteiger partial charge in [-0.2, -0.15) is 0 Å². The fraction of sp³-hybridized carbons (Fsp3) is 0.133. The van der Waals surface area contributed by atoms with E-state index < -0.39 is 21.7 Å². The van der Waals surface area contributed by atoms with Gasteiger partial charge in [0.2, 0.25) is 10.0 Å². The third kappa shape index (κ3) is 4.94. The summed E-state index contributed by atoms with van der Waals surface area (Å²) in [6.45, 7) is 0.0190. The Morgan fingerprint density at radius 1 is 1.22 bits per heavy atom. The van der Waals surface area contributed by atoms with E-state index in [9.17, 15) is 17.6 Å². The number of hydrogen-bond donors (Lipinski definition) is 2. The van der Waals surface area contributed by atoms with Crippen LogP contribution in [0.25, 0.3) is 0 Å². The van der Waals surface area contributed by atoms with Crippen LogP contribution in [0.2, 0.25) is 5.02 Å². The molecule has 2 aromatic carbocycles. The molecule has 1 amide bonds. The van der Waals surface area contributed by atoms with Gasteiger partial charge in [-0.1, -0.05) is 29.8 Å². The second-order valence-electron chi connectivity index (χ2n) is 4.84. The van der Waals surface area contributed by atoms with Crippen molar-refractivity contribution in [3.05, 3.63) is 64.4 Å². The average Bonchev–Trinajstić information content (AvgIpc) is 2.44. The van der Waals surface area contributed by atoms with Crippen LogP contribution in [-0.2, 0) is 16.6 Å². The Bertz CT molecular complexity index is 840. The van der Waals surface area contributed by atoms with Gasteiger partial charge in [-0.15, -0.1) is 0 Å². The molecule has 23 heavy (non-hydrogen) atoms. The zero-order chi connectivity index (χ0) is 17.0. The highest BCUT2D eigenvalue weighted by molar-refractivity contribution is 7.92. The van der Waals surface area contributed by atoms with Crippen LogP contribution in [0.3, 0.4) is 0 Å². The lowest BCUT2D eigenvalue weighted by atomic mass is 10.1. The molecule has 0 aliphatic carbocycles. The maximum absolute atomic E-state index is 13.5. The number of hydrogen-bond acceptors (Lipinski definition) is 3. The van der Waals surface area contributed by atoms with Gasteiger partial charge in [0.1, 0.15) is 5.82 Å². The zero-order valence-corrected chi connectivity index (χ0v) is 13.7. The average molecular weight is 357 g/mol. The van der Waals surface area contributed by atoms with Gasteiger partial charge >= 0.3 is 0 Å². The Morgan fingerprint density at radius 2 is 1.91 bits per heavy atom. The minimum atomic E-state index is -3.43. The molecule has 0 aliphatic heterocycles. The Labute approximate surface area is 138 Å². The predicted octanol–water partition coefficient (Wildman–Crippen LogP) is 2.78. The Balaban J connectivity index is 2.09. The molecule has 0 aromatic heterocycles. The summed E-state index contributed by atoms with van der Waals surface area (Å²) in [5.41, 5.74) is 0.776. The number of nitrogens with one attached hydrogen (secondary N) is 2. The molecule has 0 saturated carbocycles. The molecule has 2 N–H and O–H groups in total. The van der Waals surface area contributed by atoms with Gasteiger partial charge in [0.05, 0.1) is 16.8 Å². The van der Waals surface area contributed by atoms with Crippen molar-refractivity contribution in [2.75, 3.05) is 11.0 Å². The summed E-state index contributed by atoms with van der Waals surface area (Å²) in [6.07, 6.45) is 1.01. The van der Waals surface area contributed by atoms with Gasteiger partial charge in [0.25, 0.3) is 5.91 Å². The topological polar surface area (TPSA) is 75.3 Å². The van der Waals surface area contributed by atoms with Crippen molar-refractivity contribution < 1.29 is 17.6 Å². The van der Waals surface area contributed by atoms with Gasteiger partial charge in [-0.05, 0) is 24.3 Å². The summed E-state index contributed by atoms with van der Waals surface area (Å²) in [4.78, 5) is 12.1. The largest absolute Gasteiger partial charge is 0.348 e. The number of sulfonamides is 1. The molecule has 0 fully saturated rings. The second-order valence-corrected chi connectivity index (χ2v) is 7.00. The summed E-state index contributed by atoms with van der Waals surface area (Å²) in [6, 6.07) is 10.3. The van der Waals surface area contributed by atoms with E-state index in [1.54, 1.807) is 18.2 Å². The quantitative estimate of drug-likeness (QED) is 0.865. The van der Waals surface area contributed by atoms with Crippen LogP contribution in [0, 0.1) is 5.82 Å². The second kappa shape index (κ2) is 6.97. The molecule has 0 radical (unpaired) electrons. The lowest BCUT2D eigenvalue weighted by Gasteiger charge is -2.09. The van der Waals surface area contributed by atoms with Crippen LogP contribution >= 0.6 is 11.6 Å². The number of carbonyl (C=O) groups is 1. The predicted molar refractivity (Wildman–Crippen MR) is 87.5 cm³/mol. The van der Waals surface area contributed by atoms with E-state index >= 15 is 0 Å². The van der Waals surface area contributed by atoms with Crippen molar-refractivity contribution in [3.63, 3.8) is 0 Å². The van der Waals surface area contributed by atoms with E-state index in [4.69, 9.17) is 11.6 Å². The molecule has 0 saturated heterocycles. The summed E-state index contributed by atoms with van der Waals surface area (Å²) < 4.78 is 38.1. The normalized spacial score (nSPS) is 11.1. The van der Waals surface area contributed by atoms with Crippen molar-refractivity contribution in [2.45, 2.75) is 6.54 Å². The first-order valence-electron chi connectivity index (χ1n) is 6.55. The molecule has 8 heteroatoms. The minimum Gasteiger partial charge on any atom is -0.348 e. The summed E-state index contributed by atoms with van der Waals surface area (Å²) in [5, 5.41) is 2.65. The first-order valence-corrected chi connectivity index (χ1v) is 8.82. The highest BCUT2D eigenvalue weighted by atomic mass is 35.5. The molecule has 0 heterocycles. The van der Waals surface area contributed by atoms with E-state index in [1.807, 2.05) is 0 Å². The Hall–Kier alpha value is -2.12. The van der Waals surface area contributed by atoms with Gasteiger partial charge < -0.3 is 5.32 Å². The fourth-order valence-corrected chi connectivity index (χ4v) is 2.71. The molecule has 5 nitrogen and oxygen atoms in total. The SMILES string of the molecule is CS(=O)(=O)Nc1ccc(C(=O)NCc2ccccc2F)c(Cl)c1. The molecule has 0 spiro atoms. The van der Waals surface area contributed by atoms with E-state index in [0.29, 0.717) is 5.56 Å². The van der Waals surface area contributed by atoms with Crippen LogP contribution in [0.4, 0.5) is 10.1 Å².